The molecule has 6 heteroatoms. The summed E-state index contributed by atoms with van der Waals surface area (Å²) in [6.07, 6.45) is 1.41. The molecule has 1 aromatic heterocycles. The number of amides is 2. The van der Waals surface area contributed by atoms with Gasteiger partial charge < -0.3 is 10.6 Å². The lowest BCUT2D eigenvalue weighted by Crippen LogP contribution is -2.27. The van der Waals surface area contributed by atoms with Crippen molar-refractivity contribution >= 4 is 17.5 Å². The van der Waals surface area contributed by atoms with Gasteiger partial charge in [-0.15, -0.1) is 0 Å². The van der Waals surface area contributed by atoms with Crippen molar-refractivity contribution in [2.45, 2.75) is 13.8 Å². The molecule has 5 nitrogen and oxygen atoms in total. The molecule has 0 bridgehead atoms. The minimum Gasteiger partial charge on any atom is -0.352 e. The summed E-state index contributed by atoms with van der Waals surface area (Å²) in [6, 6.07) is 8.37. The van der Waals surface area contributed by atoms with Crippen LogP contribution in [-0.4, -0.2) is 23.3 Å². The molecule has 2 aromatic rings. The van der Waals surface area contributed by atoms with E-state index < -0.39 is 5.91 Å². The van der Waals surface area contributed by atoms with Crippen LogP contribution in [0.1, 0.15) is 34.7 Å². The van der Waals surface area contributed by atoms with Crippen LogP contribution in [0.3, 0.4) is 0 Å². The van der Waals surface area contributed by atoms with Gasteiger partial charge in [-0.1, -0.05) is 13.8 Å². The fourth-order valence-corrected chi connectivity index (χ4v) is 1.82. The molecule has 0 fully saturated rings. The first-order chi connectivity index (χ1) is 11.0. The molecule has 0 aliphatic rings. The Labute approximate surface area is 133 Å². The molecule has 0 saturated carbocycles. The van der Waals surface area contributed by atoms with Gasteiger partial charge in [0.25, 0.3) is 11.8 Å². The molecule has 0 aliphatic heterocycles. The zero-order chi connectivity index (χ0) is 16.8. The molecule has 0 aliphatic carbocycles. The molecule has 1 aromatic carbocycles. The van der Waals surface area contributed by atoms with E-state index in [0.29, 0.717) is 23.7 Å². The maximum Gasteiger partial charge on any atom is 0.274 e. The first-order valence-corrected chi connectivity index (χ1v) is 7.27. The predicted molar refractivity (Wildman–Crippen MR) is 85.8 cm³/mol. The van der Waals surface area contributed by atoms with Crippen LogP contribution in [0, 0.1) is 11.7 Å². The molecule has 1 heterocycles. The van der Waals surface area contributed by atoms with Crippen molar-refractivity contribution in [2.24, 2.45) is 5.92 Å². The van der Waals surface area contributed by atoms with Gasteiger partial charge in [0, 0.05) is 24.0 Å². The fourth-order valence-electron chi connectivity index (χ4n) is 1.82. The van der Waals surface area contributed by atoms with Crippen LogP contribution in [0.25, 0.3) is 0 Å². The van der Waals surface area contributed by atoms with Crippen molar-refractivity contribution in [1.29, 1.82) is 0 Å². The summed E-state index contributed by atoms with van der Waals surface area (Å²) >= 11 is 0. The summed E-state index contributed by atoms with van der Waals surface area (Å²) < 4.78 is 12.8. The zero-order valence-electron chi connectivity index (χ0n) is 13.0. The number of hydrogen-bond acceptors (Lipinski definition) is 3. The molecule has 0 saturated heterocycles. The van der Waals surface area contributed by atoms with Gasteiger partial charge in [-0.3, -0.25) is 14.6 Å². The maximum atomic E-state index is 12.8. The van der Waals surface area contributed by atoms with Gasteiger partial charge in [-0.25, -0.2) is 4.39 Å². The average Bonchev–Trinajstić information content (AvgIpc) is 2.54. The van der Waals surface area contributed by atoms with Crippen LogP contribution in [-0.2, 0) is 0 Å². The van der Waals surface area contributed by atoms with E-state index in [1.54, 1.807) is 6.07 Å². The van der Waals surface area contributed by atoms with Crippen molar-refractivity contribution < 1.29 is 14.0 Å². The molecule has 0 radical (unpaired) electrons. The summed E-state index contributed by atoms with van der Waals surface area (Å²) in [4.78, 5) is 28.1. The Balaban J connectivity index is 2.07. The lowest BCUT2D eigenvalue weighted by Gasteiger charge is -2.09. The summed E-state index contributed by atoms with van der Waals surface area (Å²) in [5.41, 5.74) is 0.935. The van der Waals surface area contributed by atoms with Gasteiger partial charge >= 0.3 is 0 Å². The largest absolute Gasteiger partial charge is 0.352 e. The summed E-state index contributed by atoms with van der Waals surface area (Å²) in [6.45, 7) is 4.54. The zero-order valence-corrected chi connectivity index (χ0v) is 13.0. The third-order valence-corrected chi connectivity index (χ3v) is 3.03. The van der Waals surface area contributed by atoms with Crippen LogP contribution in [0.5, 0.6) is 0 Å². The number of anilines is 1. The third-order valence-electron chi connectivity index (χ3n) is 3.03. The van der Waals surface area contributed by atoms with Crippen molar-refractivity contribution in [3.8, 4) is 0 Å². The van der Waals surface area contributed by atoms with E-state index in [-0.39, 0.29) is 17.4 Å². The standard InChI is InChI=1S/C17H18FN3O2/c1-11(2)10-20-16(22)12-7-8-19-15(9-12)17(23)21-14-5-3-13(18)4-6-14/h3-9,11H,10H2,1-2H3,(H,20,22)(H,21,23). The normalized spacial score (nSPS) is 10.4. The quantitative estimate of drug-likeness (QED) is 0.891. The van der Waals surface area contributed by atoms with Gasteiger partial charge in [-0.2, -0.15) is 0 Å². The minimum atomic E-state index is -0.463. The summed E-state index contributed by atoms with van der Waals surface area (Å²) in [5.74, 6) is -0.765. The first kappa shape index (κ1) is 16.6. The topological polar surface area (TPSA) is 71.1 Å². The van der Waals surface area contributed by atoms with Crippen molar-refractivity contribution in [2.75, 3.05) is 11.9 Å². The monoisotopic (exact) mass is 315 g/mol. The van der Waals surface area contributed by atoms with E-state index in [4.69, 9.17) is 0 Å². The Morgan fingerprint density at radius 2 is 1.83 bits per heavy atom. The highest BCUT2D eigenvalue weighted by atomic mass is 19.1. The lowest BCUT2D eigenvalue weighted by atomic mass is 10.2. The second-order valence-corrected chi connectivity index (χ2v) is 5.49. The van der Waals surface area contributed by atoms with Crippen LogP contribution in [0.4, 0.5) is 10.1 Å². The van der Waals surface area contributed by atoms with E-state index in [1.807, 2.05) is 13.8 Å². The highest BCUT2D eigenvalue weighted by molar-refractivity contribution is 6.04. The predicted octanol–water partition coefficient (Wildman–Crippen LogP) is 2.86. The van der Waals surface area contributed by atoms with E-state index in [9.17, 15) is 14.0 Å². The van der Waals surface area contributed by atoms with Crippen LogP contribution in [0.2, 0.25) is 0 Å². The second kappa shape index (κ2) is 7.49. The molecule has 2 N–H and O–H groups in total. The highest BCUT2D eigenvalue weighted by Gasteiger charge is 2.12. The van der Waals surface area contributed by atoms with Crippen LogP contribution < -0.4 is 10.6 Å². The van der Waals surface area contributed by atoms with Crippen molar-refractivity contribution in [3.63, 3.8) is 0 Å². The molecule has 2 rings (SSSR count). The van der Waals surface area contributed by atoms with Gasteiger partial charge in [0.15, 0.2) is 0 Å². The van der Waals surface area contributed by atoms with Crippen LogP contribution >= 0.6 is 0 Å². The molecular weight excluding hydrogens is 297 g/mol. The lowest BCUT2D eigenvalue weighted by molar-refractivity contribution is 0.0949. The summed E-state index contributed by atoms with van der Waals surface area (Å²) in [5, 5.41) is 5.38. The SMILES string of the molecule is CC(C)CNC(=O)c1ccnc(C(=O)Nc2ccc(F)cc2)c1. The molecular formula is C17H18FN3O2. The third kappa shape index (κ3) is 4.88. The minimum absolute atomic E-state index is 0.117. The van der Waals surface area contributed by atoms with E-state index >= 15 is 0 Å². The summed E-state index contributed by atoms with van der Waals surface area (Å²) in [7, 11) is 0. The van der Waals surface area contributed by atoms with E-state index in [2.05, 4.69) is 15.6 Å². The van der Waals surface area contributed by atoms with Gasteiger partial charge in [-0.05, 0) is 42.3 Å². The van der Waals surface area contributed by atoms with Gasteiger partial charge in [0.05, 0.1) is 0 Å². The molecule has 0 spiro atoms. The van der Waals surface area contributed by atoms with Gasteiger partial charge in [0.2, 0.25) is 0 Å². The molecule has 0 atom stereocenters. The number of aromatic nitrogens is 1. The average molecular weight is 315 g/mol. The Hall–Kier alpha value is -2.76. The smallest absolute Gasteiger partial charge is 0.274 e. The molecule has 120 valence electrons. The van der Waals surface area contributed by atoms with E-state index in [1.165, 1.54) is 36.5 Å². The number of carbonyl (C=O) groups excluding carboxylic acids is 2. The molecule has 0 unspecified atom stereocenters. The number of pyridine rings is 1. The number of hydrogen-bond donors (Lipinski definition) is 2. The Morgan fingerprint density at radius 1 is 1.13 bits per heavy atom. The first-order valence-electron chi connectivity index (χ1n) is 7.27. The molecule has 2 amide bonds. The number of halogens is 1. The van der Waals surface area contributed by atoms with Gasteiger partial charge in [0.1, 0.15) is 11.5 Å². The maximum absolute atomic E-state index is 12.8. The fraction of sp³-hybridized carbons (Fsp3) is 0.235. The van der Waals surface area contributed by atoms with Crippen molar-refractivity contribution in [3.05, 3.63) is 59.7 Å². The number of carbonyl (C=O) groups is 2. The number of benzene rings is 1. The number of nitrogens with zero attached hydrogens (tertiary/aromatic N) is 1. The highest BCUT2D eigenvalue weighted by Crippen LogP contribution is 2.10. The number of nitrogens with one attached hydrogen (secondary N) is 2. The molecule has 23 heavy (non-hydrogen) atoms. The Kier molecular flexibility index (Phi) is 5.41. The van der Waals surface area contributed by atoms with Crippen LogP contribution in [0.15, 0.2) is 42.6 Å². The number of rotatable bonds is 5. The second-order valence-electron chi connectivity index (χ2n) is 5.49. The Bertz CT molecular complexity index is 699. The van der Waals surface area contributed by atoms with Crippen molar-refractivity contribution in [1.82, 2.24) is 10.3 Å². The Morgan fingerprint density at radius 3 is 2.48 bits per heavy atom. The van der Waals surface area contributed by atoms with E-state index in [0.717, 1.165) is 0 Å².